The first kappa shape index (κ1) is 19.5. The fourth-order valence-corrected chi connectivity index (χ4v) is 4.49. The van der Waals surface area contributed by atoms with Crippen LogP contribution in [0.15, 0.2) is 41.3 Å². The Balaban J connectivity index is 1.79. The minimum absolute atomic E-state index is 0.0846. The molecule has 0 radical (unpaired) electrons. The van der Waals surface area contributed by atoms with Crippen molar-refractivity contribution in [1.82, 2.24) is 4.31 Å². The largest absolute Gasteiger partial charge is 0.492 e. The van der Waals surface area contributed by atoms with Gasteiger partial charge in [0, 0.05) is 26.2 Å². The van der Waals surface area contributed by atoms with Crippen LogP contribution in [0.25, 0.3) is 0 Å². The third-order valence-electron chi connectivity index (χ3n) is 4.36. The lowest BCUT2D eigenvalue weighted by molar-refractivity contribution is 0.336. The van der Waals surface area contributed by atoms with Crippen LogP contribution >= 0.6 is 0 Å². The van der Waals surface area contributed by atoms with E-state index in [0.29, 0.717) is 31.5 Å². The summed E-state index contributed by atoms with van der Waals surface area (Å²) in [6, 6.07) is 8.78. The average molecular weight is 400 g/mol. The zero-order valence-corrected chi connectivity index (χ0v) is 15.5. The monoisotopic (exact) mass is 400 g/mol. The maximum Gasteiger partial charge on any atom is 0.246 e. The Bertz CT molecular complexity index is 929. The van der Waals surface area contributed by atoms with Crippen molar-refractivity contribution in [3.63, 3.8) is 0 Å². The van der Waals surface area contributed by atoms with E-state index in [9.17, 15) is 21.6 Å². The van der Waals surface area contributed by atoms with Crippen molar-refractivity contribution in [3.05, 3.63) is 53.8 Å². The van der Waals surface area contributed by atoms with Crippen molar-refractivity contribution in [2.75, 3.05) is 37.7 Å². The van der Waals surface area contributed by atoms with E-state index in [1.165, 1.54) is 0 Å². The summed E-state index contributed by atoms with van der Waals surface area (Å²) in [5, 5.41) is 0. The number of sulfonamides is 1. The van der Waals surface area contributed by atoms with Crippen LogP contribution in [0, 0.1) is 17.5 Å². The first-order valence-electron chi connectivity index (χ1n) is 8.46. The second-order valence-corrected chi connectivity index (χ2v) is 7.87. The number of nitrogens with zero attached hydrogens (tertiary/aromatic N) is 2. The number of hydrogen-bond donors (Lipinski definition) is 0. The van der Waals surface area contributed by atoms with Crippen LogP contribution < -0.4 is 9.64 Å². The standard InChI is InChI=1S/C18H19F3N2O3S/c1-2-26-15-6-4-3-5-14(15)22-9-11-23(12-10-22)27(24,25)16-8-7-13(19)17(20)18(16)21/h3-8H,2,9-12H2,1H3. The highest BCUT2D eigenvalue weighted by Crippen LogP contribution is 2.30. The van der Waals surface area contributed by atoms with E-state index >= 15 is 0 Å². The molecule has 1 fully saturated rings. The van der Waals surface area contributed by atoms with E-state index in [4.69, 9.17) is 4.74 Å². The highest BCUT2D eigenvalue weighted by Gasteiger charge is 2.33. The number of hydrogen-bond acceptors (Lipinski definition) is 4. The lowest BCUT2D eigenvalue weighted by Gasteiger charge is -2.36. The van der Waals surface area contributed by atoms with Gasteiger partial charge >= 0.3 is 0 Å². The van der Waals surface area contributed by atoms with Crippen LogP contribution in [0.1, 0.15) is 6.92 Å². The topological polar surface area (TPSA) is 49.9 Å². The predicted octanol–water partition coefficient (Wildman–Crippen LogP) is 3.01. The SMILES string of the molecule is CCOc1ccccc1N1CCN(S(=O)(=O)c2ccc(F)c(F)c2F)CC1. The molecule has 1 aliphatic heterocycles. The van der Waals surface area contributed by atoms with Crippen molar-refractivity contribution in [1.29, 1.82) is 0 Å². The van der Waals surface area contributed by atoms with Crippen molar-refractivity contribution < 1.29 is 26.3 Å². The second-order valence-electron chi connectivity index (χ2n) is 5.97. The molecular formula is C18H19F3N2O3S. The van der Waals surface area contributed by atoms with E-state index in [-0.39, 0.29) is 13.1 Å². The van der Waals surface area contributed by atoms with Gasteiger partial charge in [-0.1, -0.05) is 12.1 Å². The van der Waals surface area contributed by atoms with Gasteiger partial charge in [0.25, 0.3) is 0 Å². The summed E-state index contributed by atoms with van der Waals surface area (Å²) in [6.45, 7) is 3.25. The lowest BCUT2D eigenvalue weighted by Crippen LogP contribution is -2.49. The first-order valence-corrected chi connectivity index (χ1v) is 9.90. The third kappa shape index (κ3) is 3.74. The van der Waals surface area contributed by atoms with Gasteiger partial charge in [0.1, 0.15) is 10.6 Å². The number of ether oxygens (including phenoxy) is 1. The molecule has 1 heterocycles. The molecule has 2 aromatic rings. The van der Waals surface area contributed by atoms with Crippen LogP contribution in [0.3, 0.4) is 0 Å². The zero-order chi connectivity index (χ0) is 19.6. The van der Waals surface area contributed by atoms with Crippen molar-refractivity contribution in [2.24, 2.45) is 0 Å². The van der Waals surface area contributed by atoms with Crippen molar-refractivity contribution >= 4 is 15.7 Å². The molecule has 0 bridgehead atoms. The van der Waals surface area contributed by atoms with Gasteiger partial charge in [-0.05, 0) is 31.2 Å². The summed E-state index contributed by atoms with van der Waals surface area (Å²) in [7, 11) is -4.26. The first-order chi connectivity index (χ1) is 12.9. The summed E-state index contributed by atoms with van der Waals surface area (Å²) in [4.78, 5) is 1.11. The minimum Gasteiger partial charge on any atom is -0.492 e. The molecule has 27 heavy (non-hydrogen) atoms. The summed E-state index contributed by atoms with van der Waals surface area (Å²) >= 11 is 0. The summed E-state index contributed by atoms with van der Waals surface area (Å²) in [5.74, 6) is -4.22. The van der Waals surface area contributed by atoms with Gasteiger partial charge in [0.05, 0.1) is 12.3 Å². The number of benzene rings is 2. The van der Waals surface area contributed by atoms with Crippen LogP contribution in [0.4, 0.5) is 18.9 Å². The molecule has 0 spiro atoms. The molecule has 9 heteroatoms. The molecule has 0 saturated carbocycles. The van der Waals surface area contributed by atoms with Crippen LogP contribution in [-0.4, -0.2) is 45.5 Å². The Morgan fingerprint density at radius 2 is 1.63 bits per heavy atom. The Kier molecular flexibility index (Phi) is 5.61. The van der Waals surface area contributed by atoms with E-state index in [1.807, 2.05) is 36.1 Å². The number of para-hydroxylation sites is 2. The molecule has 0 aliphatic carbocycles. The summed E-state index contributed by atoms with van der Waals surface area (Å²) < 4.78 is 72.4. The number of rotatable bonds is 5. The highest BCUT2D eigenvalue weighted by atomic mass is 32.2. The molecular weight excluding hydrogens is 381 g/mol. The van der Waals surface area contributed by atoms with Crippen LogP contribution in [0.5, 0.6) is 5.75 Å². The molecule has 3 rings (SSSR count). The van der Waals surface area contributed by atoms with Gasteiger partial charge in [0.15, 0.2) is 17.5 Å². The summed E-state index contributed by atoms with van der Waals surface area (Å²) in [5.41, 5.74) is 0.843. The highest BCUT2D eigenvalue weighted by molar-refractivity contribution is 7.89. The maximum atomic E-state index is 13.9. The molecule has 1 aliphatic rings. The average Bonchev–Trinajstić information content (AvgIpc) is 2.67. The van der Waals surface area contributed by atoms with Gasteiger partial charge in [-0.2, -0.15) is 4.31 Å². The third-order valence-corrected chi connectivity index (χ3v) is 6.28. The van der Waals surface area contributed by atoms with Gasteiger partial charge < -0.3 is 9.64 Å². The van der Waals surface area contributed by atoms with Crippen molar-refractivity contribution in [2.45, 2.75) is 11.8 Å². The van der Waals surface area contributed by atoms with E-state index in [0.717, 1.165) is 16.1 Å². The zero-order valence-electron chi connectivity index (χ0n) is 14.7. The Morgan fingerprint density at radius 3 is 2.30 bits per heavy atom. The fraction of sp³-hybridized carbons (Fsp3) is 0.333. The van der Waals surface area contributed by atoms with Crippen molar-refractivity contribution in [3.8, 4) is 5.75 Å². The molecule has 0 atom stereocenters. The number of piperazine rings is 1. The van der Waals surface area contributed by atoms with E-state index in [2.05, 4.69) is 0 Å². The van der Waals surface area contributed by atoms with E-state index in [1.54, 1.807) is 0 Å². The van der Waals surface area contributed by atoms with E-state index < -0.39 is 32.4 Å². The Hall–Kier alpha value is -2.26. The normalized spacial score (nSPS) is 15.8. The van der Waals surface area contributed by atoms with Gasteiger partial charge in [-0.3, -0.25) is 0 Å². The lowest BCUT2D eigenvalue weighted by atomic mass is 10.2. The second kappa shape index (κ2) is 7.77. The minimum atomic E-state index is -4.26. The smallest absolute Gasteiger partial charge is 0.246 e. The fourth-order valence-electron chi connectivity index (χ4n) is 3.01. The quantitative estimate of drug-likeness (QED) is 0.724. The van der Waals surface area contributed by atoms with Gasteiger partial charge in [0.2, 0.25) is 10.0 Å². The Labute approximate surface area is 156 Å². The molecule has 5 nitrogen and oxygen atoms in total. The number of halogens is 3. The maximum absolute atomic E-state index is 13.9. The molecule has 0 N–H and O–H groups in total. The Morgan fingerprint density at radius 1 is 0.963 bits per heavy atom. The van der Waals surface area contributed by atoms with Crippen LogP contribution in [-0.2, 0) is 10.0 Å². The summed E-state index contributed by atoms with van der Waals surface area (Å²) in [6.07, 6.45) is 0. The molecule has 146 valence electrons. The molecule has 2 aromatic carbocycles. The molecule has 0 amide bonds. The predicted molar refractivity (Wildman–Crippen MR) is 94.9 cm³/mol. The van der Waals surface area contributed by atoms with Gasteiger partial charge in [-0.15, -0.1) is 0 Å². The molecule has 1 saturated heterocycles. The molecule has 0 unspecified atom stereocenters. The number of anilines is 1. The molecule has 0 aromatic heterocycles. The van der Waals surface area contributed by atoms with Crippen LogP contribution in [0.2, 0.25) is 0 Å². The van der Waals surface area contributed by atoms with Gasteiger partial charge in [-0.25, -0.2) is 21.6 Å².